The summed E-state index contributed by atoms with van der Waals surface area (Å²) in [4.78, 5) is 28.5. The molecule has 0 radical (unpaired) electrons. The van der Waals surface area contributed by atoms with Gasteiger partial charge >= 0.3 is 6.18 Å². The third kappa shape index (κ3) is 4.53. The third-order valence-corrected chi connectivity index (χ3v) is 4.38. The Balaban J connectivity index is 1.59. The number of alkyl halides is 3. The fourth-order valence-electron chi connectivity index (χ4n) is 3.00. The average Bonchev–Trinajstić information content (AvgIpc) is 3.03. The predicted octanol–water partition coefficient (Wildman–Crippen LogP) is 3.22. The molecule has 0 atom stereocenters. The molecule has 2 amide bonds. The minimum Gasteiger partial charge on any atom is -0.483 e. The SMILES string of the molecule is CCn1c(C)nc2cc(C(=O)NNC(=O)COc3ccccc3C(F)(F)F)ccc21. The molecule has 1 aromatic heterocycles. The van der Waals surface area contributed by atoms with E-state index < -0.39 is 35.9 Å². The number of para-hydroxylation sites is 1. The molecule has 0 bridgehead atoms. The van der Waals surface area contributed by atoms with Crippen LogP contribution in [0.2, 0.25) is 0 Å². The summed E-state index contributed by atoms with van der Waals surface area (Å²) < 4.78 is 45.7. The second-order valence-corrected chi connectivity index (χ2v) is 6.39. The van der Waals surface area contributed by atoms with Crippen molar-refractivity contribution in [2.24, 2.45) is 0 Å². The highest BCUT2D eigenvalue weighted by Crippen LogP contribution is 2.35. The van der Waals surface area contributed by atoms with Crippen molar-refractivity contribution >= 4 is 22.8 Å². The van der Waals surface area contributed by atoms with E-state index in [9.17, 15) is 22.8 Å². The Labute approximate surface area is 169 Å². The van der Waals surface area contributed by atoms with E-state index in [2.05, 4.69) is 15.8 Å². The van der Waals surface area contributed by atoms with Gasteiger partial charge in [0, 0.05) is 12.1 Å². The predicted molar refractivity (Wildman–Crippen MR) is 103 cm³/mol. The van der Waals surface area contributed by atoms with E-state index in [4.69, 9.17) is 4.74 Å². The molecule has 10 heteroatoms. The van der Waals surface area contributed by atoms with Gasteiger partial charge in [-0.3, -0.25) is 20.4 Å². The number of hydrazine groups is 1. The molecule has 0 aliphatic heterocycles. The highest BCUT2D eigenvalue weighted by atomic mass is 19.4. The fourth-order valence-corrected chi connectivity index (χ4v) is 3.00. The Morgan fingerprint density at radius 2 is 1.87 bits per heavy atom. The summed E-state index contributed by atoms with van der Waals surface area (Å²) in [7, 11) is 0. The van der Waals surface area contributed by atoms with Gasteiger partial charge in [-0.15, -0.1) is 0 Å². The topological polar surface area (TPSA) is 85.3 Å². The van der Waals surface area contributed by atoms with Crippen molar-refractivity contribution in [2.45, 2.75) is 26.6 Å². The van der Waals surface area contributed by atoms with E-state index in [-0.39, 0.29) is 5.56 Å². The number of rotatable bonds is 5. The number of carbonyl (C=O) groups excluding carboxylic acids is 2. The van der Waals surface area contributed by atoms with Crippen LogP contribution in [0.3, 0.4) is 0 Å². The lowest BCUT2D eigenvalue weighted by Gasteiger charge is -2.13. The number of nitrogens with one attached hydrogen (secondary N) is 2. The number of hydrogen-bond acceptors (Lipinski definition) is 4. The summed E-state index contributed by atoms with van der Waals surface area (Å²) in [6.07, 6.45) is -4.61. The van der Waals surface area contributed by atoms with Crippen molar-refractivity contribution in [3.8, 4) is 5.75 Å². The van der Waals surface area contributed by atoms with Crippen LogP contribution in [0.4, 0.5) is 13.2 Å². The van der Waals surface area contributed by atoms with Crippen molar-refractivity contribution in [3.63, 3.8) is 0 Å². The lowest BCUT2D eigenvalue weighted by molar-refractivity contribution is -0.139. The maximum Gasteiger partial charge on any atom is 0.419 e. The van der Waals surface area contributed by atoms with E-state index in [1.165, 1.54) is 12.1 Å². The van der Waals surface area contributed by atoms with Crippen LogP contribution in [0.15, 0.2) is 42.5 Å². The van der Waals surface area contributed by atoms with Gasteiger partial charge in [-0.2, -0.15) is 13.2 Å². The van der Waals surface area contributed by atoms with Crippen LogP contribution in [0.25, 0.3) is 11.0 Å². The molecular formula is C20H19F3N4O3. The molecule has 2 aromatic carbocycles. The number of aromatic nitrogens is 2. The van der Waals surface area contributed by atoms with Gasteiger partial charge in [0.15, 0.2) is 6.61 Å². The van der Waals surface area contributed by atoms with Gasteiger partial charge in [0.1, 0.15) is 11.6 Å². The first-order chi connectivity index (χ1) is 14.2. The summed E-state index contributed by atoms with van der Waals surface area (Å²) in [5.41, 5.74) is 5.12. The minimum absolute atomic E-state index is 0.270. The van der Waals surface area contributed by atoms with E-state index in [0.717, 1.165) is 30.0 Å². The van der Waals surface area contributed by atoms with Crippen molar-refractivity contribution in [1.82, 2.24) is 20.4 Å². The van der Waals surface area contributed by atoms with Crippen molar-refractivity contribution < 1.29 is 27.5 Å². The van der Waals surface area contributed by atoms with Crippen molar-refractivity contribution in [3.05, 3.63) is 59.4 Å². The van der Waals surface area contributed by atoms with Crippen LogP contribution in [0, 0.1) is 6.92 Å². The van der Waals surface area contributed by atoms with Gasteiger partial charge in [0.25, 0.3) is 11.8 Å². The van der Waals surface area contributed by atoms with Crippen LogP contribution < -0.4 is 15.6 Å². The number of fused-ring (bicyclic) bond motifs is 1. The number of benzene rings is 2. The number of amides is 2. The number of hydrogen-bond donors (Lipinski definition) is 2. The van der Waals surface area contributed by atoms with Gasteiger partial charge in [-0.25, -0.2) is 4.98 Å². The molecule has 0 unspecified atom stereocenters. The monoisotopic (exact) mass is 420 g/mol. The smallest absolute Gasteiger partial charge is 0.419 e. The zero-order chi connectivity index (χ0) is 21.9. The normalized spacial score (nSPS) is 11.4. The van der Waals surface area contributed by atoms with E-state index >= 15 is 0 Å². The van der Waals surface area contributed by atoms with Gasteiger partial charge in [-0.1, -0.05) is 12.1 Å². The molecule has 3 rings (SSSR count). The zero-order valence-electron chi connectivity index (χ0n) is 16.2. The molecule has 0 spiro atoms. The van der Waals surface area contributed by atoms with Gasteiger partial charge < -0.3 is 9.30 Å². The van der Waals surface area contributed by atoms with E-state index in [1.807, 2.05) is 18.4 Å². The lowest BCUT2D eigenvalue weighted by Crippen LogP contribution is -2.43. The first-order valence-electron chi connectivity index (χ1n) is 9.05. The second-order valence-electron chi connectivity index (χ2n) is 6.39. The summed E-state index contributed by atoms with van der Waals surface area (Å²) in [6.45, 7) is 3.88. The number of carbonyl (C=O) groups is 2. The summed E-state index contributed by atoms with van der Waals surface area (Å²) >= 11 is 0. The summed E-state index contributed by atoms with van der Waals surface area (Å²) in [6, 6.07) is 9.49. The molecule has 30 heavy (non-hydrogen) atoms. The van der Waals surface area contributed by atoms with Crippen LogP contribution in [0.5, 0.6) is 5.75 Å². The number of imidazole rings is 1. The summed E-state index contributed by atoms with van der Waals surface area (Å²) in [5, 5.41) is 0. The summed E-state index contributed by atoms with van der Waals surface area (Å²) in [5.74, 6) is -1.06. The zero-order valence-corrected chi connectivity index (χ0v) is 16.2. The molecule has 3 aromatic rings. The first kappa shape index (κ1) is 21.2. The molecule has 1 heterocycles. The molecule has 0 aliphatic rings. The first-order valence-corrected chi connectivity index (χ1v) is 9.05. The quantitative estimate of drug-likeness (QED) is 0.621. The molecular weight excluding hydrogens is 401 g/mol. The van der Waals surface area contributed by atoms with Crippen LogP contribution in [0.1, 0.15) is 28.7 Å². The minimum atomic E-state index is -4.61. The Morgan fingerprint density at radius 3 is 2.57 bits per heavy atom. The maximum atomic E-state index is 12.9. The lowest BCUT2D eigenvalue weighted by atomic mass is 10.2. The molecule has 2 N–H and O–H groups in total. The van der Waals surface area contributed by atoms with Crippen LogP contribution in [-0.2, 0) is 17.5 Å². The Bertz CT molecular complexity index is 1090. The number of halogens is 3. The molecule has 0 saturated heterocycles. The Morgan fingerprint density at radius 1 is 1.13 bits per heavy atom. The molecule has 0 aliphatic carbocycles. The largest absolute Gasteiger partial charge is 0.483 e. The fraction of sp³-hybridized carbons (Fsp3) is 0.250. The van der Waals surface area contributed by atoms with Gasteiger partial charge in [0.2, 0.25) is 0 Å². The number of ether oxygens (including phenoxy) is 1. The third-order valence-electron chi connectivity index (χ3n) is 4.38. The average molecular weight is 420 g/mol. The molecule has 0 saturated carbocycles. The van der Waals surface area contributed by atoms with E-state index in [1.54, 1.807) is 18.2 Å². The van der Waals surface area contributed by atoms with Crippen LogP contribution in [-0.4, -0.2) is 28.0 Å². The molecule has 7 nitrogen and oxygen atoms in total. The maximum absolute atomic E-state index is 12.9. The highest BCUT2D eigenvalue weighted by Gasteiger charge is 2.34. The van der Waals surface area contributed by atoms with Crippen molar-refractivity contribution in [1.29, 1.82) is 0 Å². The Kier molecular flexibility index (Phi) is 5.95. The second kappa shape index (κ2) is 8.44. The van der Waals surface area contributed by atoms with Crippen molar-refractivity contribution in [2.75, 3.05) is 6.61 Å². The highest BCUT2D eigenvalue weighted by molar-refractivity contribution is 5.98. The van der Waals surface area contributed by atoms with Gasteiger partial charge in [0.05, 0.1) is 16.6 Å². The van der Waals surface area contributed by atoms with E-state index in [0.29, 0.717) is 5.52 Å². The molecule has 158 valence electrons. The number of aryl methyl sites for hydroxylation is 2. The van der Waals surface area contributed by atoms with Gasteiger partial charge in [-0.05, 0) is 44.2 Å². The van der Waals surface area contributed by atoms with Crippen LogP contribution >= 0.6 is 0 Å². The molecule has 0 fully saturated rings. The number of nitrogens with zero attached hydrogens (tertiary/aromatic N) is 2. The Hall–Kier alpha value is -3.56. The standard InChI is InChI=1S/C20H19F3N4O3/c1-3-27-12(2)24-15-10-13(8-9-16(15)27)19(29)26-25-18(28)11-30-17-7-5-4-6-14(17)20(21,22)23/h4-10H,3,11H2,1-2H3,(H,25,28)(H,26,29).